The molecule has 1 aromatic heterocycles. The summed E-state index contributed by atoms with van der Waals surface area (Å²) in [5.74, 6) is 1.58. The SMILES string of the molecule is COc1ccc(-c2c(C3=NCCCN3)nnn2-c2ccc(Cl)cc2)cc1. The number of nitrogens with zero attached hydrogens (tertiary/aromatic N) is 4. The highest BCUT2D eigenvalue weighted by Gasteiger charge is 2.21. The van der Waals surface area contributed by atoms with Crippen LogP contribution in [0.2, 0.25) is 5.02 Å². The molecule has 7 heteroatoms. The van der Waals surface area contributed by atoms with Crippen LogP contribution in [0.15, 0.2) is 53.5 Å². The van der Waals surface area contributed by atoms with Crippen LogP contribution in [0.3, 0.4) is 0 Å². The number of hydrogen-bond donors (Lipinski definition) is 1. The fraction of sp³-hybridized carbons (Fsp3) is 0.211. The lowest BCUT2D eigenvalue weighted by molar-refractivity contribution is 0.415. The first-order valence-electron chi connectivity index (χ1n) is 8.41. The van der Waals surface area contributed by atoms with E-state index in [1.807, 2.05) is 53.2 Å². The molecule has 0 atom stereocenters. The quantitative estimate of drug-likeness (QED) is 0.768. The molecule has 3 aromatic rings. The highest BCUT2D eigenvalue weighted by Crippen LogP contribution is 2.28. The molecule has 26 heavy (non-hydrogen) atoms. The van der Waals surface area contributed by atoms with Crippen LogP contribution in [0, 0.1) is 0 Å². The zero-order valence-electron chi connectivity index (χ0n) is 14.3. The fourth-order valence-electron chi connectivity index (χ4n) is 2.90. The Balaban J connectivity index is 1.87. The van der Waals surface area contributed by atoms with Crippen LogP contribution >= 0.6 is 11.6 Å². The van der Waals surface area contributed by atoms with E-state index in [1.54, 1.807) is 7.11 Å². The summed E-state index contributed by atoms with van der Waals surface area (Å²) in [6, 6.07) is 15.4. The van der Waals surface area contributed by atoms with E-state index in [-0.39, 0.29) is 0 Å². The number of ether oxygens (including phenoxy) is 1. The second-order valence-corrected chi connectivity index (χ2v) is 6.35. The topological polar surface area (TPSA) is 64.3 Å². The van der Waals surface area contributed by atoms with Gasteiger partial charge >= 0.3 is 0 Å². The summed E-state index contributed by atoms with van der Waals surface area (Å²) < 4.78 is 7.08. The summed E-state index contributed by atoms with van der Waals surface area (Å²) in [7, 11) is 1.65. The molecule has 0 aliphatic carbocycles. The zero-order chi connectivity index (χ0) is 17.9. The summed E-state index contributed by atoms with van der Waals surface area (Å²) in [6.07, 6.45) is 1.02. The second-order valence-electron chi connectivity index (χ2n) is 5.91. The van der Waals surface area contributed by atoms with Crippen LogP contribution in [-0.4, -0.2) is 41.0 Å². The number of methoxy groups -OCH3 is 1. The molecule has 2 aromatic carbocycles. The maximum atomic E-state index is 6.03. The fourth-order valence-corrected chi connectivity index (χ4v) is 3.03. The Kier molecular flexibility index (Phi) is 4.58. The molecule has 1 aliphatic heterocycles. The van der Waals surface area contributed by atoms with Crippen LogP contribution in [-0.2, 0) is 0 Å². The Morgan fingerprint density at radius 3 is 2.50 bits per heavy atom. The Hall–Kier alpha value is -2.86. The first-order chi connectivity index (χ1) is 12.8. The molecule has 0 saturated heterocycles. The number of aliphatic imine (C=N–C) groups is 1. The normalized spacial score (nSPS) is 13.8. The number of rotatable bonds is 4. The average molecular weight is 368 g/mol. The molecule has 6 nitrogen and oxygen atoms in total. The van der Waals surface area contributed by atoms with Gasteiger partial charge in [0.1, 0.15) is 11.4 Å². The van der Waals surface area contributed by atoms with Gasteiger partial charge in [-0.25, -0.2) is 4.68 Å². The van der Waals surface area contributed by atoms with Crippen molar-refractivity contribution in [2.75, 3.05) is 20.2 Å². The van der Waals surface area contributed by atoms with Crippen LogP contribution in [0.4, 0.5) is 0 Å². The van der Waals surface area contributed by atoms with E-state index in [1.165, 1.54) is 0 Å². The Labute approximate surface area is 156 Å². The van der Waals surface area contributed by atoms with Crippen molar-refractivity contribution < 1.29 is 4.74 Å². The summed E-state index contributed by atoms with van der Waals surface area (Å²) in [4.78, 5) is 4.58. The van der Waals surface area contributed by atoms with Gasteiger partial charge in [-0.2, -0.15) is 0 Å². The third kappa shape index (κ3) is 3.15. The number of benzene rings is 2. The predicted octanol–water partition coefficient (Wildman–Crippen LogP) is 3.34. The molecule has 0 unspecified atom stereocenters. The Bertz CT molecular complexity index is 932. The third-order valence-corrected chi connectivity index (χ3v) is 4.48. The first kappa shape index (κ1) is 16.6. The van der Waals surface area contributed by atoms with E-state index in [9.17, 15) is 0 Å². The standard InChI is InChI=1S/C19H18ClN5O/c1-26-16-9-3-13(4-10-16)18-17(19-21-11-2-12-22-19)23-24-25(18)15-7-5-14(20)6-8-15/h3-10H,2,11-12H2,1H3,(H,21,22). The number of amidine groups is 1. The van der Waals surface area contributed by atoms with Gasteiger partial charge in [0.15, 0.2) is 11.5 Å². The first-order valence-corrected chi connectivity index (χ1v) is 8.79. The molecule has 0 spiro atoms. The molecular formula is C19H18ClN5O. The number of nitrogens with one attached hydrogen (secondary N) is 1. The van der Waals surface area contributed by atoms with Gasteiger partial charge < -0.3 is 10.1 Å². The van der Waals surface area contributed by atoms with Gasteiger partial charge in [-0.15, -0.1) is 5.10 Å². The molecule has 0 saturated carbocycles. The van der Waals surface area contributed by atoms with Crippen molar-refractivity contribution >= 4 is 17.4 Å². The molecule has 4 rings (SSSR count). The molecule has 0 radical (unpaired) electrons. The monoisotopic (exact) mass is 367 g/mol. The lowest BCUT2D eigenvalue weighted by atomic mass is 10.1. The number of halogens is 1. The molecule has 132 valence electrons. The Morgan fingerprint density at radius 2 is 1.85 bits per heavy atom. The minimum atomic E-state index is 0.679. The molecule has 0 fully saturated rings. The van der Waals surface area contributed by atoms with Gasteiger partial charge in [-0.3, -0.25) is 4.99 Å². The van der Waals surface area contributed by atoms with Crippen molar-refractivity contribution in [1.29, 1.82) is 0 Å². The minimum Gasteiger partial charge on any atom is -0.497 e. The minimum absolute atomic E-state index is 0.679. The van der Waals surface area contributed by atoms with Gasteiger partial charge in [-0.05, 0) is 55.0 Å². The maximum absolute atomic E-state index is 6.03. The lowest BCUT2D eigenvalue weighted by Gasteiger charge is -2.15. The van der Waals surface area contributed by atoms with Crippen molar-refractivity contribution in [2.45, 2.75) is 6.42 Å². The van der Waals surface area contributed by atoms with Crippen LogP contribution < -0.4 is 10.1 Å². The van der Waals surface area contributed by atoms with Gasteiger partial charge in [0.25, 0.3) is 0 Å². The molecular weight excluding hydrogens is 350 g/mol. The van der Waals surface area contributed by atoms with E-state index in [0.29, 0.717) is 5.02 Å². The zero-order valence-corrected chi connectivity index (χ0v) is 15.1. The van der Waals surface area contributed by atoms with E-state index in [4.69, 9.17) is 16.3 Å². The average Bonchev–Trinajstić information content (AvgIpc) is 3.14. The van der Waals surface area contributed by atoms with Crippen molar-refractivity contribution in [1.82, 2.24) is 20.3 Å². The third-order valence-electron chi connectivity index (χ3n) is 4.23. The highest BCUT2D eigenvalue weighted by molar-refractivity contribution is 6.30. The van der Waals surface area contributed by atoms with Crippen LogP contribution in [0.1, 0.15) is 12.1 Å². The molecule has 1 aliphatic rings. The van der Waals surface area contributed by atoms with Gasteiger partial charge in [0.05, 0.1) is 12.8 Å². The van der Waals surface area contributed by atoms with Crippen LogP contribution in [0.25, 0.3) is 16.9 Å². The van der Waals surface area contributed by atoms with E-state index in [2.05, 4.69) is 20.6 Å². The molecule has 1 N–H and O–H groups in total. The molecule has 2 heterocycles. The van der Waals surface area contributed by atoms with Crippen molar-refractivity contribution in [2.24, 2.45) is 4.99 Å². The maximum Gasteiger partial charge on any atom is 0.156 e. The van der Waals surface area contributed by atoms with Crippen LogP contribution in [0.5, 0.6) is 5.75 Å². The summed E-state index contributed by atoms with van der Waals surface area (Å²) in [5, 5.41) is 12.8. The van der Waals surface area contributed by atoms with E-state index >= 15 is 0 Å². The largest absolute Gasteiger partial charge is 0.497 e. The predicted molar refractivity (Wildman–Crippen MR) is 102 cm³/mol. The number of hydrogen-bond acceptors (Lipinski definition) is 5. The summed E-state index contributed by atoms with van der Waals surface area (Å²) in [6.45, 7) is 1.67. The van der Waals surface area contributed by atoms with Gasteiger partial charge in [0.2, 0.25) is 0 Å². The van der Waals surface area contributed by atoms with Crippen molar-refractivity contribution in [3.8, 4) is 22.7 Å². The van der Waals surface area contributed by atoms with Gasteiger partial charge in [0, 0.05) is 23.7 Å². The highest BCUT2D eigenvalue weighted by atomic mass is 35.5. The summed E-state index contributed by atoms with van der Waals surface area (Å²) >= 11 is 6.03. The van der Waals surface area contributed by atoms with E-state index < -0.39 is 0 Å². The van der Waals surface area contributed by atoms with E-state index in [0.717, 1.165) is 53.7 Å². The Morgan fingerprint density at radius 1 is 1.08 bits per heavy atom. The van der Waals surface area contributed by atoms with Crippen molar-refractivity contribution in [3.63, 3.8) is 0 Å². The lowest BCUT2D eigenvalue weighted by Crippen LogP contribution is -2.31. The molecule has 0 amide bonds. The number of aromatic nitrogens is 3. The summed E-state index contributed by atoms with van der Waals surface area (Å²) in [5.41, 5.74) is 3.49. The molecule has 0 bridgehead atoms. The second kappa shape index (κ2) is 7.17. The van der Waals surface area contributed by atoms with Gasteiger partial charge in [-0.1, -0.05) is 16.8 Å². The van der Waals surface area contributed by atoms with Crippen molar-refractivity contribution in [3.05, 3.63) is 59.2 Å². The smallest absolute Gasteiger partial charge is 0.156 e.